The average Bonchev–Trinajstić information content (AvgIpc) is 2.41. The molecule has 0 aliphatic rings. The van der Waals surface area contributed by atoms with Crippen molar-refractivity contribution >= 4 is 5.69 Å². The van der Waals surface area contributed by atoms with Gasteiger partial charge < -0.3 is 15.2 Å². The first-order valence-electron chi connectivity index (χ1n) is 7.79. The molecular weight excluding hydrogens is 296 g/mol. The fourth-order valence-corrected chi connectivity index (χ4v) is 2.70. The van der Waals surface area contributed by atoms with Gasteiger partial charge in [-0.1, -0.05) is 20.8 Å². The van der Waals surface area contributed by atoms with E-state index in [1.807, 2.05) is 0 Å². The number of rotatable bonds is 8. The number of nitro benzene ring substituents is 1. The number of nitrogens with one attached hydrogen (secondary N) is 1. The first kappa shape index (κ1) is 19.4. The molecule has 0 unspecified atom stereocenters. The molecule has 0 radical (unpaired) electrons. The van der Waals surface area contributed by atoms with Gasteiger partial charge in [-0.2, -0.15) is 0 Å². The lowest BCUT2D eigenvalue weighted by Crippen LogP contribution is -2.46. The van der Waals surface area contributed by atoms with E-state index in [-0.39, 0.29) is 23.2 Å². The van der Waals surface area contributed by atoms with E-state index < -0.39 is 11.0 Å². The van der Waals surface area contributed by atoms with Gasteiger partial charge in [-0.15, -0.1) is 0 Å². The maximum absolute atomic E-state index is 10.6. The van der Waals surface area contributed by atoms with Crippen molar-refractivity contribution in [2.24, 2.45) is 5.41 Å². The van der Waals surface area contributed by atoms with Crippen LogP contribution in [0.2, 0.25) is 0 Å². The molecule has 0 aromatic heterocycles. The summed E-state index contributed by atoms with van der Waals surface area (Å²) < 4.78 is 5.46. The minimum atomic E-state index is -0.649. The van der Waals surface area contributed by atoms with Gasteiger partial charge in [0.15, 0.2) is 0 Å². The summed E-state index contributed by atoms with van der Waals surface area (Å²) in [7, 11) is 0. The smallest absolute Gasteiger partial charge is 0.269 e. The van der Waals surface area contributed by atoms with Gasteiger partial charge >= 0.3 is 0 Å². The van der Waals surface area contributed by atoms with Gasteiger partial charge in [-0.3, -0.25) is 10.1 Å². The molecule has 1 rings (SSSR count). The van der Waals surface area contributed by atoms with Gasteiger partial charge in [0.25, 0.3) is 5.69 Å². The van der Waals surface area contributed by atoms with Crippen molar-refractivity contribution in [2.75, 3.05) is 13.2 Å². The molecule has 0 spiro atoms. The molecule has 6 nitrogen and oxygen atoms in total. The third-order valence-corrected chi connectivity index (χ3v) is 3.28. The van der Waals surface area contributed by atoms with Crippen LogP contribution in [0.25, 0.3) is 0 Å². The van der Waals surface area contributed by atoms with E-state index in [1.165, 1.54) is 24.3 Å². The van der Waals surface area contributed by atoms with E-state index in [9.17, 15) is 15.2 Å². The second-order valence-corrected chi connectivity index (χ2v) is 7.72. The fraction of sp³-hybridized carbons (Fsp3) is 0.647. The van der Waals surface area contributed by atoms with Crippen LogP contribution in [0.3, 0.4) is 0 Å². The highest BCUT2D eigenvalue weighted by molar-refractivity contribution is 5.35. The summed E-state index contributed by atoms with van der Waals surface area (Å²) in [5, 5.41) is 23.9. The number of aliphatic hydroxyl groups is 1. The predicted octanol–water partition coefficient (Wildman–Crippen LogP) is 3.14. The maximum Gasteiger partial charge on any atom is 0.269 e. The molecule has 6 heteroatoms. The normalized spacial score (nSPS) is 13.7. The summed E-state index contributed by atoms with van der Waals surface area (Å²) in [4.78, 5) is 10.1. The topological polar surface area (TPSA) is 84.6 Å². The number of aliphatic hydroxyl groups excluding tert-OH is 1. The largest absolute Gasteiger partial charge is 0.491 e. The average molecular weight is 324 g/mol. The van der Waals surface area contributed by atoms with Crippen molar-refractivity contribution < 1.29 is 14.8 Å². The van der Waals surface area contributed by atoms with Crippen LogP contribution in [-0.4, -0.2) is 34.8 Å². The van der Waals surface area contributed by atoms with Crippen LogP contribution in [0.5, 0.6) is 5.75 Å². The SMILES string of the molecule is CC(C)(C)CC(C)(C)NC[C@@H](O)COc1ccc([N+](=O)[O-])cc1. The van der Waals surface area contributed by atoms with Crippen molar-refractivity contribution in [3.8, 4) is 5.75 Å². The first-order valence-corrected chi connectivity index (χ1v) is 7.79. The molecule has 0 amide bonds. The highest BCUT2D eigenvalue weighted by Crippen LogP contribution is 2.26. The zero-order valence-corrected chi connectivity index (χ0v) is 14.6. The minimum absolute atomic E-state index is 0.0171. The van der Waals surface area contributed by atoms with Crippen LogP contribution >= 0.6 is 0 Å². The molecule has 0 heterocycles. The van der Waals surface area contributed by atoms with E-state index >= 15 is 0 Å². The van der Waals surface area contributed by atoms with Gasteiger partial charge in [-0.25, -0.2) is 0 Å². The Labute approximate surface area is 138 Å². The summed E-state index contributed by atoms with van der Waals surface area (Å²) in [6.07, 6.45) is 0.333. The quantitative estimate of drug-likeness (QED) is 0.567. The van der Waals surface area contributed by atoms with Gasteiger partial charge in [0.05, 0.1) is 4.92 Å². The molecule has 0 aliphatic heterocycles. The first-order chi connectivity index (χ1) is 10.5. The zero-order chi connectivity index (χ0) is 17.7. The molecule has 0 saturated heterocycles. The van der Waals surface area contributed by atoms with Crippen molar-refractivity contribution in [1.82, 2.24) is 5.32 Å². The molecule has 1 atom stereocenters. The third kappa shape index (κ3) is 7.95. The van der Waals surface area contributed by atoms with Crippen molar-refractivity contribution in [2.45, 2.75) is 52.7 Å². The maximum atomic E-state index is 10.6. The lowest BCUT2D eigenvalue weighted by atomic mass is 9.82. The molecule has 1 aromatic carbocycles. The van der Waals surface area contributed by atoms with Crippen LogP contribution in [0.4, 0.5) is 5.69 Å². The summed E-state index contributed by atoms with van der Waals surface area (Å²) in [6.45, 7) is 11.3. The Kier molecular flexibility index (Phi) is 6.53. The number of non-ortho nitro benzene ring substituents is 1. The van der Waals surface area contributed by atoms with Crippen LogP contribution in [0, 0.1) is 15.5 Å². The molecule has 0 saturated carbocycles. The zero-order valence-electron chi connectivity index (χ0n) is 14.6. The summed E-state index contributed by atoms with van der Waals surface area (Å²) in [5.41, 5.74) is 0.145. The van der Waals surface area contributed by atoms with Crippen LogP contribution < -0.4 is 10.1 Å². The van der Waals surface area contributed by atoms with Gasteiger partial charge in [0, 0.05) is 24.2 Å². The molecule has 0 aliphatic carbocycles. The van der Waals surface area contributed by atoms with E-state index in [0.29, 0.717) is 12.3 Å². The highest BCUT2D eigenvalue weighted by atomic mass is 16.6. The second-order valence-electron chi connectivity index (χ2n) is 7.72. The minimum Gasteiger partial charge on any atom is -0.491 e. The molecule has 130 valence electrons. The Balaban J connectivity index is 2.39. The Hall–Kier alpha value is -1.66. The highest BCUT2D eigenvalue weighted by Gasteiger charge is 2.25. The van der Waals surface area contributed by atoms with Crippen molar-refractivity contribution in [3.63, 3.8) is 0 Å². The van der Waals surface area contributed by atoms with E-state index in [2.05, 4.69) is 39.9 Å². The van der Waals surface area contributed by atoms with Crippen LogP contribution in [-0.2, 0) is 0 Å². The molecule has 0 bridgehead atoms. The standard InChI is InChI=1S/C17H28N2O4/c1-16(2,3)12-17(4,5)18-10-14(20)11-23-15-8-6-13(7-9-15)19(21)22/h6-9,14,18,20H,10-12H2,1-5H3/t14-/m1/s1. The molecule has 0 fully saturated rings. The summed E-state index contributed by atoms with van der Waals surface area (Å²) in [6, 6.07) is 5.82. The Morgan fingerprint density at radius 1 is 1.22 bits per heavy atom. The van der Waals surface area contributed by atoms with Crippen LogP contribution in [0.15, 0.2) is 24.3 Å². The number of nitro groups is 1. The number of ether oxygens (including phenoxy) is 1. The van der Waals surface area contributed by atoms with Crippen molar-refractivity contribution in [3.05, 3.63) is 34.4 Å². The number of benzene rings is 1. The lowest BCUT2D eigenvalue weighted by molar-refractivity contribution is -0.384. The molecular formula is C17H28N2O4. The number of nitrogens with zero attached hydrogens (tertiary/aromatic N) is 1. The van der Waals surface area contributed by atoms with Gasteiger partial charge in [0.1, 0.15) is 18.5 Å². The predicted molar refractivity (Wildman–Crippen MR) is 90.8 cm³/mol. The summed E-state index contributed by atoms with van der Waals surface area (Å²) >= 11 is 0. The molecule has 1 aromatic rings. The Morgan fingerprint density at radius 3 is 2.26 bits per heavy atom. The van der Waals surface area contributed by atoms with Gasteiger partial charge in [-0.05, 0) is 37.8 Å². The fourth-order valence-electron chi connectivity index (χ4n) is 2.70. The van der Waals surface area contributed by atoms with Crippen molar-refractivity contribution in [1.29, 1.82) is 0 Å². The van der Waals surface area contributed by atoms with Crippen LogP contribution in [0.1, 0.15) is 41.0 Å². The second kappa shape index (κ2) is 7.75. The monoisotopic (exact) mass is 324 g/mol. The third-order valence-electron chi connectivity index (χ3n) is 3.28. The number of hydrogen-bond acceptors (Lipinski definition) is 5. The Bertz CT molecular complexity index is 506. The molecule has 2 N–H and O–H groups in total. The summed E-state index contributed by atoms with van der Waals surface area (Å²) in [5.74, 6) is 0.503. The molecule has 23 heavy (non-hydrogen) atoms. The van der Waals surface area contributed by atoms with E-state index in [4.69, 9.17) is 4.74 Å². The van der Waals surface area contributed by atoms with E-state index in [1.54, 1.807) is 0 Å². The van der Waals surface area contributed by atoms with E-state index in [0.717, 1.165) is 6.42 Å². The van der Waals surface area contributed by atoms with Gasteiger partial charge in [0.2, 0.25) is 0 Å². The lowest BCUT2D eigenvalue weighted by Gasteiger charge is -2.34. The Morgan fingerprint density at radius 2 is 1.78 bits per heavy atom. The number of β-amino-alcohol motifs (C(OH)–C–C–N with tert-alkyl or cyclic N) is 1. The number of hydrogen-bond donors (Lipinski definition) is 2.